The van der Waals surface area contributed by atoms with Crippen LogP contribution in [0.3, 0.4) is 0 Å². The van der Waals surface area contributed by atoms with Gasteiger partial charge in [0.2, 0.25) is 0 Å². The van der Waals surface area contributed by atoms with Gasteiger partial charge in [0, 0.05) is 0 Å². The molecule has 0 heterocycles. The van der Waals surface area contributed by atoms with Crippen molar-refractivity contribution in [3.63, 3.8) is 0 Å². The van der Waals surface area contributed by atoms with Crippen LogP contribution in [0.5, 0.6) is 5.75 Å². The number of aryl methyl sites for hydroxylation is 2. The standard InChI is InChI=1S/C19H25NO/c1-5-15-8-7-9-16(13-15)19(20-6-2)17-10-11-18(21-4)14(3)12-17/h7-13,19-20H,5-6H2,1-4H3. The van der Waals surface area contributed by atoms with Crippen LogP contribution in [0.15, 0.2) is 42.5 Å². The monoisotopic (exact) mass is 283 g/mol. The van der Waals surface area contributed by atoms with Gasteiger partial charge in [-0.15, -0.1) is 0 Å². The predicted octanol–water partition coefficient (Wildman–Crippen LogP) is 4.26. The normalized spacial score (nSPS) is 12.2. The molecule has 1 atom stereocenters. The number of methoxy groups -OCH3 is 1. The van der Waals surface area contributed by atoms with Crippen LogP contribution in [0, 0.1) is 6.92 Å². The fraction of sp³-hybridized carbons (Fsp3) is 0.368. The van der Waals surface area contributed by atoms with E-state index in [1.807, 2.05) is 0 Å². The van der Waals surface area contributed by atoms with Crippen molar-refractivity contribution in [1.29, 1.82) is 0 Å². The zero-order valence-corrected chi connectivity index (χ0v) is 13.4. The Morgan fingerprint density at radius 3 is 2.43 bits per heavy atom. The first kappa shape index (κ1) is 15.6. The first-order chi connectivity index (χ1) is 10.2. The molecule has 0 radical (unpaired) electrons. The Bertz CT molecular complexity index is 592. The van der Waals surface area contributed by atoms with E-state index in [0.29, 0.717) is 0 Å². The van der Waals surface area contributed by atoms with Crippen LogP contribution in [-0.4, -0.2) is 13.7 Å². The molecule has 0 spiro atoms. The number of benzene rings is 2. The summed E-state index contributed by atoms with van der Waals surface area (Å²) in [4.78, 5) is 0. The lowest BCUT2D eigenvalue weighted by atomic mass is 9.95. The summed E-state index contributed by atoms with van der Waals surface area (Å²) in [5, 5.41) is 3.59. The fourth-order valence-corrected chi connectivity index (χ4v) is 2.71. The lowest BCUT2D eigenvalue weighted by molar-refractivity contribution is 0.411. The Hall–Kier alpha value is -1.80. The Kier molecular flexibility index (Phi) is 5.40. The van der Waals surface area contributed by atoms with Gasteiger partial charge in [0.05, 0.1) is 13.2 Å². The van der Waals surface area contributed by atoms with Gasteiger partial charge < -0.3 is 10.1 Å². The summed E-state index contributed by atoms with van der Waals surface area (Å²) < 4.78 is 5.36. The summed E-state index contributed by atoms with van der Waals surface area (Å²) >= 11 is 0. The molecule has 0 aliphatic carbocycles. The van der Waals surface area contributed by atoms with Crippen LogP contribution in [0.4, 0.5) is 0 Å². The Morgan fingerprint density at radius 2 is 1.81 bits per heavy atom. The van der Waals surface area contributed by atoms with Gasteiger partial charge >= 0.3 is 0 Å². The molecule has 2 nitrogen and oxygen atoms in total. The van der Waals surface area contributed by atoms with Crippen LogP contribution in [0.2, 0.25) is 0 Å². The zero-order chi connectivity index (χ0) is 15.2. The van der Waals surface area contributed by atoms with Gasteiger partial charge in [0.1, 0.15) is 5.75 Å². The highest BCUT2D eigenvalue weighted by molar-refractivity contribution is 5.41. The molecule has 0 amide bonds. The molecule has 2 rings (SSSR count). The largest absolute Gasteiger partial charge is 0.496 e. The summed E-state index contributed by atoms with van der Waals surface area (Å²) in [7, 11) is 1.72. The molecule has 2 aromatic rings. The minimum atomic E-state index is 0.228. The SMILES string of the molecule is CCNC(c1cccc(CC)c1)c1ccc(OC)c(C)c1. The number of hydrogen-bond acceptors (Lipinski definition) is 2. The first-order valence-electron chi connectivity index (χ1n) is 7.66. The van der Waals surface area contributed by atoms with Crippen molar-refractivity contribution in [2.24, 2.45) is 0 Å². The highest BCUT2D eigenvalue weighted by atomic mass is 16.5. The molecule has 0 bridgehead atoms. The van der Waals surface area contributed by atoms with E-state index >= 15 is 0 Å². The summed E-state index contributed by atoms with van der Waals surface area (Å²) in [5.41, 5.74) is 5.15. The molecule has 0 aromatic heterocycles. The van der Waals surface area contributed by atoms with Crippen molar-refractivity contribution >= 4 is 0 Å². The van der Waals surface area contributed by atoms with E-state index < -0.39 is 0 Å². The van der Waals surface area contributed by atoms with Gasteiger partial charge in [0.15, 0.2) is 0 Å². The molecule has 0 saturated heterocycles. The maximum absolute atomic E-state index is 5.36. The van der Waals surface area contributed by atoms with Crippen molar-refractivity contribution in [2.45, 2.75) is 33.2 Å². The second-order valence-corrected chi connectivity index (χ2v) is 5.32. The Labute approximate surface area is 128 Å². The number of hydrogen-bond donors (Lipinski definition) is 1. The maximum atomic E-state index is 5.36. The van der Waals surface area contributed by atoms with Crippen molar-refractivity contribution < 1.29 is 4.74 Å². The third-order valence-electron chi connectivity index (χ3n) is 3.85. The van der Waals surface area contributed by atoms with E-state index in [2.05, 4.69) is 68.6 Å². The number of nitrogens with one attached hydrogen (secondary N) is 1. The van der Waals surface area contributed by atoms with Gasteiger partial charge in [-0.25, -0.2) is 0 Å². The van der Waals surface area contributed by atoms with Crippen LogP contribution >= 0.6 is 0 Å². The average molecular weight is 283 g/mol. The topological polar surface area (TPSA) is 21.3 Å². The molecule has 0 fully saturated rings. The van der Waals surface area contributed by atoms with E-state index in [-0.39, 0.29) is 6.04 Å². The lowest BCUT2D eigenvalue weighted by Gasteiger charge is -2.21. The Balaban J connectivity index is 2.40. The van der Waals surface area contributed by atoms with Crippen LogP contribution < -0.4 is 10.1 Å². The van der Waals surface area contributed by atoms with Crippen LogP contribution in [0.1, 0.15) is 42.1 Å². The first-order valence-corrected chi connectivity index (χ1v) is 7.66. The predicted molar refractivity (Wildman–Crippen MR) is 89.1 cm³/mol. The van der Waals surface area contributed by atoms with Gasteiger partial charge in [-0.3, -0.25) is 0 Å². The summed E-state index contributed by atoms with van der Waals surface area (Å²) in [6.07, 6.45) is 1.06. The minimum Gasteiger partial charge on any atom is -0.496 e. The quantitative estimate of drug-likeness (QED) is 0.855. The summed E-state index contributed by atoms with van der Waals surface area (Å²) in [5.74, 6) is 0.941. The molecule has 2 aromatic carbocycles. The van der Waals surface area contributed by atoms with E-state index in [1.54, 1.807) is 7.11 Å². The van der Waals surface area contributed by atoms with Crippen molar-refractivity contribution in [2.75, 3.05) is 13.7 Å². The van der Waals surface area contributed by atoms with E-state index in [9.17, 15) is 0 Å². The number of rotatable bonds is 6. The van der Waals surface area contributed by atoms with E-state index in [4.69, 9.17) is 4.74 Å². The van der Waals surface area contributed by atoms with Crippen LogP contribution in [0.25, 0.3) is 0 Å². The molecule has 0 aliphatic rings. The molecule has 112 valence electrons. The van der Waals surface area contributed by atoms with Gasteiger partial charge in [0.25, 0.3) is 0 Å². The van der Waals surface area contributed by atoms with E-state index in [1.165, 1.54) is 22.3 Å². The molecule has 1 N–H and O–H groups in total. The highest BCUT2D eigenvalue weighted by Crippen LogP contribution is 2.27. The van der Waals surface area contributed by atoms with Crippen molar-refractivity contribution in [3.8, 4) is 5.75 Å². The molecule has 21 heavy (non-hydrogen) atoms. The summed E-state index contributed by atoms with van der Waals surface area (Å²) in [6.45, 7) is 7.37. The molecular weight excluding hydrogens is 258 g/mol. The number of ether oxygens (including phenoxy) is 1. The summed E-state index contributed by atoms with van der Waals surface area (Å²) in [6, 6.07) is 15.5. The highest BCUT2D eigenvalue weighted by Gasteiger charge is 2.14. The fourth-order valence-electron chi connectivity index (χ4n) is 2.71. The molecular formula is C19H25NO. The molecule has 0 aliphatic heterocycles. The van der Waals surface area contributed by atoms with Crippen molar-refractivity contribution in [1.82, 2.24) is 5.32 Å². The van der Waals surface area contributed by atoms with Gasteiger partial charge in [-0.1, -0.05) is 50.2 Å². The average Bonchev–Trinajstić information content (AvgIpc) is 2.52. The second-order valence-electron chi connectivity index (χ2n) is 5.32. The third-order valence-corrected chi connectivity index (χ3v) is 3.85. The second kappa shape index (κ2) is 7.28. The molecule has 2 heteroatoms. The Morgan fingerprint density at radius 1 is 1.05 bits per heavy atom. The van der Waals surface area contributed by atoms with Crippen LogP contribution in [-0.2, 0) is 6.42 Å². The zero-order valence-electron chi connectivity index (χ0n) is 13.4. The third kappa shape index (κ3) is 3.64. The maximum Gasteiger partial charge on any atom is 0.121 e. The van der Waals surface area contributed by atoms with Gasteiger partial charge in [-0.05, 0) is 48.2 Å². The smallest absolute Gasteiger partial charge is 0.121 e. The van der Waals surface area contributed by atoms with Crippen molar-refractivity contribution in [3.05, 3.63) is 64.7 Å². The lowest BCUT2D eigenvalue weighted by Crippen LogP contribution is -2.22. The molecule has 0 saturated carbocycles. The minimum absolute atomic E-state index is 0.228. The van der Waals surface area contributed by atoms with E-state index in [0.717, 1.165) is 18.7 Å². The molecule has 1 unspecified atom stereocenters. The van der Waals surface area contributed by atoms with Gasteiger partial charge in [-0.2, -0.15) is 0 Å².